The average molecular weight is 568 g/mol. The van der Waals surface area contributed by atoms with Gasteiger partial charge in [0.2, 0.25) is 10.0 Å². The van der Waals surface area contributed by atoms with E-state index in [-0.39, 0.29) is 62.5 Å². The number of ether oxygens (including phenoxy) is 3. The van der Waals surface area contributed by atoms with Crippen molar-refractivity contribution in [2.24, 2.45) is 5.14 Å². The SMILES string of the molecule is Cc1ccc(C)c(Cc2nc(COC(=O)COCCOCCO[NH2+][O-])nn2-c2ccc(S(N)(=O)=O)cc2F)c1. The van der Waals surface area contributed by atoms with E-state index in [0.717, 1.165) is 22.8 Å². The lowest BCUT2D eigenvalue weighted by Crippen LogP contribution is -2.76. The number of nitrogens with two attached hydrogens (primary N) is 2. The predicted molar refractivity (Wildman–Crippen MR) is 134 cm³/mol. The molecule has 0 atom stereocenters. The molecule has 39 heavy (non-hydrogen) atoms. The largest absolute Gasteiger partial charge is 0.601 e. The highest BCUT2D eigenvalue weighted by molar-refractivity contribution is 7.89. The number of hydrogen-bond donors (Lipinski definition) is 2. The van der Waals surface area contributed by atoms with Gasteiger partial charge in [0.15, 0.2) is 12.4 Å². The van der Waals surface area contributed by atoms with E-state index in [9.17, 15) is 22.8 Å². The highest BCUT2D eigenvalue weighted by Crippen LogP contribution is 2.22. The molecule has 0 aliphatic heterocycles. The zero-order chi connectivity index (χ0) is 28.4. The van der Waals surface area contributed by atoms with E-state index < -0.39 is 21.8 Å². The summed E-state index contributed by atoms with van der Waals surface area (Å²) >= 11 is 0. The molecular weight excluding hydrogens is 537 g/mol. The van der Waals surface area contributed by atoms with Gasteiger partial charge in [-0.2, -0.15) is 0 Å². The van der Waals surface area contributed by atoms with Gasteiger partial charge in [0.1, 0.15) is 30.5 Å². The molecule has 1 aromatic heterocycles. The third kappa shape index (κ3) is 9.14. The van der Waals surface area contributed by atoms with Crippen molar-refractivity contribution in [1.82, 2.24) is 14.8 Å². The van der Waals surface area contributed by atoms with Crippen molar-refractivity contribution < 1.29 is 42.3 Å². The summed E-state index contributed by atoms with van der Waals surface area (Å²) in [5, 5.41) is 19.5. The van der Waals surface area contributed by atoms with Crippen molar-refractivity contribution in [3.63, 3.8) is 0 Å². The third-order valence-corrected chi connectivity index (χ3v) is 6.33. The van der Waals surface area contributed by atoms with Crippen LogP contribution >= 0.6 is 0 Å². The van der Waals surface area contributed by atoms with Crippen LogP contribution in [0.2, 0.25) is 0 Å². The Kier molecular flexibility index (Phi) is 11.0. The first-order valence-electron chi connectivity index (χ1n) is 11.8. The molecule has 13 nitrogen and oxygen atoms in total. The van der Waals surface area contributed by atoms with Crippen molar-refractivity contribution >= 4 is 16.0 Å². The first kappa shape index (κ1) is 30.2. The maximum Gasteiger partial charge on any atom is 0.332 e. The molecule has 0 unspecified atom stereocenters. The number of quaternary nitrogens is 1. The lowest BCUT2D eigenvalue weighted by molar-refractivity contribution is -0.850. The Labute approximate surface area is 224 Å². The summed E-state index contributed by atoms with van der Waals surface area (Å²) in [6.45, 7) is 3.88. The van der Waals surface area contributed by atoms with Crippen LogP contribution in [0, 0.1) is 24.9 Å². The monoisotopic (exact) mass is 567 g/mol. The fourth-order valence-electron chi connectivity index (χ4n) is 3.48. The number of benzene rings is 2. The summed E-state index contributed by atoms with van der Waals surface area (Å²) in [6, 6.07) is 9.13. The highest BCUT2D eigenvalue weighted by Gasteiger charge is 2.19. The molecule has 0 spiro atoms. The van der Waals surface area contributed by atoms with Crippen LogP contribution in [-0.4, -0.2) is 62.2 Å². The van der Waals surface area contributed by atoms with Crippen LogP contribution in [0.15, 0.2) is 41.3 Å². The lowest BCUT2D eigenvalue weighted by Gasteiger charge is -2.10. The van der Waals surface area contributed by atoms with Gasteiger partial charge in [-0.1, -0.05) is 23.8 Å². The Balaban J connectivity index is 1.71. The summed E-state index contributed by atoms with van der Waals surface area (Å²) in [5.74, 6) is -1.08. The van der Waals surface area contributed by atoms with Gasteiger partial charge in [0, 0.05) is 6.42 Å². The molecule has 4 N–H and O–H groups in total. The maximum absolute atomic E-state index is 15.0. The molecule has 0 saturated carbocycles. The van der Waals surface area contributed by atoms with E-state index in [2.05, 4.69) is 14.9 Å². The summed E-state index contributed by atoms with van der Waals surface area (Å²) in [7, 11) is -4.10. The number of halogens is 1. The molecule has 0 saturated heterocycles. The van der Waals surface area contributed by atoms with Crippen molar-refractivity contribution in [1.29, 1.82) is 0 Å². The van der Waals surface area contributed by atoms with Gasteiger partial charge in [0.25, 0.3) is 0 Å². The minimum absolute atomic E-state index is 0.0466. The number of carbonyl (C=O) groups excluding carboxylic acids is 1. The van der Waals surface area contributed by atoms with Crippen LogP contribution in [0.1, 0.15) is 28.3 Å². The Morgan fingerprint density at radius 2 is 1.85 bits per heavy atom. The molecule has 0 amide bonds. The van der Waals surface area contributed by atoms with Gasteiger partial charge in [-0.3, -0.25) is 0 Å². The standard InChI is InChI=1S/C24H30FN5O8S/c1-16-3-4-17(2)18(11-16)12-23-27-22(14-37-24(31)15-36-8-7-35-9-10-38-29-32)28-30(23)21-6-5-19(13-20(21)25)39(26,33)34/h3-6,11,13H,7-10,12,14-15,29H2,1-2H3,(H2,26,33,34). The Bertz CT molecular complexity index is 1380. The number of aromatic nitrogens is 3. The summed E-state index contributed by atoms with van der Waals surface area (Å²) < 4.78 is 55.0. The Morgan fingerprint density at radius 3 is 2.56 bits per heavy atom. The summed E-state index contributed by atoms with van der Waals surface area (Å²) in [4.78, 5) is 20.6. The normalized spacial score (nSPS) is 11.6. The smallest absolute Gasteiger partial charge is 0.332 e. The van der Waals surface area contributed by atoms with E-state index in [1.165, 1.54) is 16.8 Å². The fraction of sp³-hybridized carbons (Fsp3) is 0.375. The Morgan fingerprint density at radius 1 is 1.10 bits per heavy atom. The van der Waals surface area contributed by atoms with Gasteiger partial charge >= 0.3 is 5.97 Å². The lowest BCUT2D eigenvalue weighted by atomic mass is 10.0. The second kappa shape index (κ2) is 14.2. The summed E-state index contributed by atoms with van der Waals surface area (Å²) in [6.07, 6.45) is 0.284. The topological polar surface area (TPSA) is 185 Å². The van der Waals surface area contributed by atoms with Crippen molar-refractivity contribution in [3.8, 4) is 5.69 Å². The molecule has 3 aromatic rings. The van der Waals surface area contributed by atoms with Crippen LogP contribution in [0.4, 0.5) is 4.39 Å². The first-order valence-corrected chi connectivity index (χ1v) is 13.3. The second-order valence-electron chi connectivity index (χ2n) is 8.41. The number of sulfonamides is 1. The number of aryl methyl sites for hydroxylation is 2. The maximum atomic E-state index is 15.0. The molecular formula is C24H30FN5O8S. The molecule has 0 fully saturated rings. The molecule has 0 radical (unpaired) electrons. The number of hydrogen-bond acceptors (Lipinski definition) is 10. The molecule has 0 bridgehead atoms. The third-order valence-electron chi connectivity index (χ3n) is 5.41. The number of esters is 1. The van der Waals surface area contributed by atoms with E-state index in [0.29, 0.717) is 11.5 Å². The molecule has 2 aromatic carbocycles. The van der Waals surface area contributed by atoms with E-state index >= 15 is 0 Å². The van der Waals surface area contributed by atoms with Gasteiger partial charge < -0.3 is 19.4 Å². The predicted octanol–water partition coefficient (Wildman–Crippen LogP) is 0.331. The molecule has 212 valence electrons. The van der Waals surface area contributed by atoms with Crippen molar-refractivity contribution in [2.45, 2.75) is 31.8 Å². The van der Waals surface area contributed by atoms with Crippen molar-refractivity contribution in [3.05, 3.63) is 75.8 Å². The minimum atomic E-state index is -4.10. The van der Waals surface area contributed by atoms with E-state index in [1.54, 1.807) is 0 Å². The van der Waals surface area contributed by atoms with Crippen LogP contribution in [0.3, 0.4) is 0 Å². The second-order valence-corrected chi connectivity index (χ2v) is 9.98. The van der Waals surface area contributed by atoms with Gasteiger partial charge in [-0.05, 0) is 43.2 Å². The van der Waals surface area contributed by atoms with E-state index in [4.69, 9.17) is 19.3 Å². The summed E-state index contributed by atoms with van der Waals surface area (Å²) in [5.41, 5.74) is 3.22. The molecule has 3 rings (SSSR count). The highest BCUT2D eigenvalue weighted by atomic mass is 32.2. The number of nitrogens with zero attached hydrogens (tertiary/aromatic N) is 3. The van der Waals surface area contributed by atoms with Gasteiger partial charge in [0.05, 0.1) is 24.7 Å². The van der Waals surface area contributed by atoms with Gasteiger partial charge in [-0.15, -0.1) is 5.10 Å². The van der Waals surface area contributed by atoms with Crippen LogP contribution < -0.4 is 10.8 Å². The van der Waals surface area contributed by atoms with Crippen LogP contribution in [0.25, 0.3) is 5.69 Å². The number of carbonyl (C=O) groups is 1. The zero-order valence-electron chi connectivity index (χ0n) is 21.5. The number of rotatable bonds is 15. The number of primary sulfonamides is 1. The van der Waals surface area contributed by atoms with Crippen molar-refractivity contribution in [2.75, 3.05) is 33.0 Å². The minimum Gasteiger partial charge on any atom is -0.601 e. The zero-order valence-corrected chi connectivity index (χ0v) is 22.3. The van der Waals surface area contributed by atoms with Gasteiger partial charge in [-0.25, -0.2) is 42.9 Å². The Hall–Kier alpha value is -3.31. The average Bonchev–Trinajstić information content (AvgIpc) is 3.28. The quantitative estimate of drug-likeness (QED) is 0.147. The molecule has 15 heteroatoms. The van der Waals surface area contributed by atoms with Crippen LogP contribution in [-0.2, 0) is 46.9 Å². The molecule has 0 aliphatic carbocycles. The first-order chi connectivity index (χ1) is 18.6. The van der Waals surface area contributed by atoms with Crippen LogP contribution in [0.5, 0.6) is 0 Å². The van der Waals surface area contributed by atoms with E-state index in [1.807, 2.05) is 32.0 Å². The molecule has 0 aliphatic rings. The fourth-order valence-corrected chi connectivity index (χ4v) is 4.00. The molecule has 1 heterocycles.